The van der Waals surface area contributed by atoms with E-state index in [1.807, 2.05) is 5.32 Å². The molecule has 0 unspecified atom stereocenters. The van der Waals surface area contributed by atoms with Gasteiger partial charge >= 0.3 is 17.7 Å². The first-order valence-electron chi connectivity index (χ1n) is 5.88. The van der Waals surface area contributed by atoms with E-state index in [4.69, 9.17) is 0 Å². The second-order valence-electron chi connectivity index (χ2n) is 3.65. The van der Waals surface area contributed by atoms with E-state index >= 15 is 0 Å². The Labute approximate surface area is 133 Å². The van der Waals surface area contributed by atoms with Gasteiger partial charge in [0.15, 0.2) is 0 Å². The highest BCUT2D eigenvalue weighted by atomic mass is 79.9. The van der Waals surface area contributed by atoms with Gasteiger partial charge in [-0.05, 0) is 13.8 Å². The lowest BCUT2D eigenvalue weighted by Gasteiger charge is -2.25. The molecule has 0 rings (SSSR count). The lowest BCUT2D eigenvalue weighted by Crippen LogP contribution is -2.62. The fourth-order valence-corrected chi connectivity index (χ4v) is 2.78. The molecular formula is C11H17Br2NO6. The van der Waals surface area contributed by atoms with E-state index in [9.17, 15) is 19.5 Å². The molecule has 0 aliphatic heterocycles. The number of hydrogen-bond donors (Lipinski definition) is 2. The summed E-state index contributed by atoms with van der Waals surface area (Å²) in [5.74, 6) is -3.84. The molecule has 7 nitrogen and oxygen atoms in total. The van der Waals surface area contributed by atoms with Crippen molar-refractivity contribution in [3.05, 3.63) is 0 Å². The highest BCUT2D eigenvalue weighted by Crippen LogP contribution is 2.12. The average molecular weight is 419 g/mol. The zero-order valence-electron chi connectivity index (χ0n) is 11.2. The number of esters is 2. The third-order valence-corrected chi connectivity index (χ3v) is 3.75. The maximum absolute atomic E-state index is 11.9. The zero-order valence-corrected chi connectivity index (χ0v) is 14.3. The van der Waals surface area contributed by atoms with Crippen LogP contribution in [0, 0.1) is 5.92 Å². The van der Waals surface area contributed by atoms with E-state index in [-0.39, 0.29) is 23.9 Å². The van der Waals surface area contributed by atoms with Crippen molar-refractivity contribution < 1.29 is 29.0 Å². The fourth-order valence-electron chi connectivity index (χ4n) is 1.12. The molecule has 9 heteroatoms. The summed E-state index contributed by atoms with van der Waals surface area (Å²) < 4.78 is 9.19. The largest absolute Gasteiger partial charge is 0.462 e. The molecule has 0 aromatic heterocycles. The minimum Gasteiger partial charge on any atom is -0.462 e. The Bertz CT molecular complexity index is 341. The Morgan fingerprint density at radius 1 is 1.10 bits per heavy atom. The molecule has 0 saturated carbocycles. The van der Waals surface area contributed by atoms with Crippen LogP contribution < -0.4 is 5.32 Å². The van der Waals surface area contributed by atoms with Crippen molar-refractivity contribution >= 4 is 49.7 Å². The summed E-state index contributed by atoms with van der Waals surface area (Å²) in [7, 11) is 0. The number of ether oxygens (including phenoxy) is 2. The van der Waals surface area contributed by atoms with Gasteiger partial charge in [0.1, 0.15) is 0 Å². The fraction of sp³-hybridized carbons (Fsp3) is 0.727. The van der Waals surface area contributed by atoms with Gasteiger partial charge in [0, 0.05) is 10.7 Å². The Morgan fingerprint density at radius 2 is 1.50 bits per heavy atom. The molecule has 0 fully saturated rings. The molecule has 20 heavy (non-hydrogen) atoms. The number of aliphatic hydroxyl groups is 1. The number of halogens is 2. The number of hydrogen-bond acceptors (Lipinski definition) is 6. The highest BCUT2D eigenvalue weighted by Gasteiger charge is 2.49. The maximum atomic E-state index is 11.9. The third-order valence-electron chi connectivity index (χ3n) is 2.19. The monoisotopic (exact) mass is 417 g/mol. The molecule has 0 spiro atoms. The lowest BCUT2D eigenvalue weighted by molar-refractivity contribution is -0.189. The molecule has 0 atom stereocenters. The first-order chi connectivity index (χ1) is 9.37. The molecule has 0 saturated heterocycles. The lowest BCUT2D eigenvalue weighted by atomic mass is 10.1. The van der Waals surface area contributed by atoms with Crippen LogP contribution in [0.25, 0.3) is 0 Å². The van der Waals surface area contributed by atoms with Crippen molar-refractivity contribution in [2.75, 3.05) is 23.9 Å². The van der Waals surface area contributed by atoms with Crippen LogP contribution in [0.5, 0.6) is 0 Å². The van der Waals surface area contributed by atoms with E-state index < -0.39 is 29.5 Å². The summed E-state index contributed by atoms with van der Waals surface area (Å²) in [6, 6.07) is 0. The van der Waals surface area contributed by atoms with Gasteiger partial charge in [0.2, 0.25) is 5.91 Å². The van der Waals surface area contributed by atoms with Gasteiger partial charge in [-0.1, -0.05) is 31.9 Å². The Balaban J connectivity index is 5.17. The number of rotatable bonds is 8. The van der Waals surface area contributed by atoms with E-state index in [1.54, 1.807) is 0 Å². The molecule has 0 aliphatic rings. The van der Waals surface area contributed by atoms with Gasteiger partial charge in [-0.15, -0.1) is 0 Å². The van der Waals surface area contributed by atoms with Crippen LogP contribution in [0.2, 0.25) is 0 Å². The summed E-state index contributed by atoms with van der Waals surface area (Å²) in [4.78, 5) is 35.3. The SMILES string of the molecule is CCOC(=O)C(O)(NC(=O)C(CBr)CBr)C(=O)OCC. The summed E-state index contributed by atoms with van der Waals surface area (Å²) >= 11 is 6.23. The molecule has 116 valence electrons. The third kappa shape index (κ3) is 5.02. The molecule has 2 N–H and O–H groups in total. The van der Waals surface area contributed by atoms with Crippen molar-refractivity contribution in [3.8, 4) is 0 Å². The molecule has 0 radical (unpaired) electrons. The van der Waals surface area contributed by atoms with Gasteiger partial charge in [0.25, 0.3) is 0 Å². The quantitative estimate of drug-likeness (QED) is 0.255. The van der Waals surface area contributed by atoms with E-state index in [1.165, 1.54) is 13.8 Å². The molecule has 1 amide bonds. The van der Waals surface area contributed by atoms with E-state index in [0.29, 0.717) is 0 Å². The number of nitrogens with one attached hydrogen (secondary N) is 1. The summed E-state index contributed by atoms with van der Waals surface area (Å²) in [5, 5.41) is 12.6. The van der Waals surface area contributed by atoms with E-state index in [2.05, 4.69) is 41.3 Å². The number of carbonyl (C=O) groups excluding carboxylic acids is 3. The minimum absolute atomic E-state index is 0.0588. The maximum Gasteiger partial charge on any atom is 0.372 e. The topological polar surface area (TPSA) is 102 Å². The number of alkyl halides is 2. The standard InChI is InChI=1S/C11H17Br2NO6/c1-3-19-9(16)11(18,10(17)20-4-2)14-8(15)7(5-12)6-13/h7,18H,3-6H2,1-2H3,(H,14,15). The van der Waals surface area contributed by atoms with Crippen LogP contribution in [-0.2, 0) is 23.9 Å². The predicted octanol–water partition coefficient (Wildman–Crippen LogP) is 0.323. The van der Waals surface area contributed by atoms with Crippen LogP contribution in [-0.4, -0.2) is 52.6 Å². The first-order valence-corrected chi connectivity index (χ1v) is 8.12. The summed E-state index contributed by atoms with van der Waals surface area (Å²) in [5.41, 5.74) is -2.84. The number of amides is 1. The van der Waals surface area contributed by atoms with Crippen molar-refractivity contribution in [1.82, 2.24) is 5.32 Å². The van der Waals surface area contributed by atoms with Crippen LogP contribution >= 0.6 is 31.9 Å². The summed E-state index contributed by atoms with van der Waals surface area (Å²) in [6.07, 6.45) is 0. The highest BCUT2D eigenvalue weighted by molar-refractivity contribution is 9.09. The van der Waals surface area contributed by atoms with Crippen molar-refractivity contribution in [2.24, 2.45) is 5.92 Å². The van der Waals surface area contributed by atoms with Gasteiger partial charge in [-0.3, -0.25) is 4.79 Å². The molecule has 0 aromatic carbocycles. The Morgan fingerprint density at radius 3 is 1.80 bits per heavy atom. The summed E-state index contributed by atoms with van der Waals surface area (Å²) in [6.45, 7) is 2.89. The van der Waals surface area contributed by atoms with Gasteiger partial charge in [-0.2, -0.15) is 0 Å². The molecule has 0 aliphatic carbocycles. The van der Waals surface area contributed by atoms with Crippen LogP contribution in [0.1, 0.15) is 13.8 Å². The predicted molar refractivity (Wildman–Crippen MR) is 77.4 cm³/mol. The van der Waals surface area contributed by atoms with Crippen molar-refractivity contribution in [1.29, 1.82) is 0 Å². The Kier molecular flexibility index (Phi) is 8.99. The minimum atomic E-state index is -2.84. The van der Waals surface area contributed by atoms with Crippen LogP contribution in [0.4, 0.5) is 0 Å². The molecule has 0 heterocycles. The second-order valence-corrected chi connectivity index (χ2v) is 4.94. The van der Waals surface area contributed by atoms with Crippen LogP contribution in [0.3, 0.4) is 0 Å². The molecule has 0 bridgehead atoms. The average Bonchev–Trinajstić information content (AvgIpc) is 2.40. The van der Waals surface area contributed by atoms with Crippen molar-refractivity contribution in [3.63, 3.8) is 0 Å². The zero-order chi connectivity index (χ0) is 15.8. The normalized spacial score (nSPS) is 11.1. The van der Waals surface area contributed by atoms with Gasteiger partial charge < -0.3 is 19.9 Å². The Hall–Kier alpha value is -0.670. The van der Waals surface area contributed by atoms with Gasteiger partial charge in [-0.25, -0.2) is 9.59 Å². The van der Waals surface area contributed by atoms with Crippen LogP contribution in [0.15, 0.2) is 0 Å². The van der Waals surface area contributed by atoms with Gasteiger partial charge in [0.05, 0.1) is 19.1 Å². The smallest absolute Gasteiger partial charge is 0.372 e. The molecular weight excluding hydrogens is 402 g/mol. The van der Waals surface area contributed by atoms with Crippen molar-refractivity contribution in [2.45, 2.75) is 19.6 Å². The first kappa shape index (κ1) is 19.3. The molecule has 0 aromatic rings. The van der Waals surface area contributed by atoms with E-state index in [0.717, 1.165) is 0 Å². The second kappa shape index (κ2) is 9.30. The number of carbonyl (C=O) groups is 3.